The Morgan fingerprint density at radius 3 is 2.02 bits per heavy atom. The van der Waals surface area contributed by atoms with Crippen LogP contribution in [-0.2, 0) is 22.5 Å². The summed E-state index contributed by atoms with van der Waals surface area (Å²) in [6, 6.07) is 10.1. The van der Waals surface area contributed by atoms with Gasteiger partial charge in [-0.2, -0.15) is 0 Å². The minimum Gasteiger partial charge on any atom is -0.497 e. The largest absolute Gasteiger partial charge is 0.497 e. The molecule has 2 aromatic rings. The number of likely N-dealkylation sites (tertiary alicyclic amines) is 1. The molecule has 1 atom stereocenters. The van der Waals surface area contributed by atoms with Crippen molar-refractivity contribution >= 4 is 5.91 Å². The minimum atomic E-state index is -0.409. The van der Waals surface area contributed by atoms with Crippen LogP contribution in [0.25, 0.3) is 0 Å². The summed E-state index contributed by atoms with van der Waals surface area (Å²) in [7, 11) is 8.41. The molecular weight excluding hydrogens is 532 g/mol. The Kier molecular flexibility index (Phi) is 12.1. The number of nitrogens with zero attached hydrogens (tertiary/aromatic N) is 2. The first-order valence-corrected chi connectivity index (χ1v) is 14.8. The maximum Gasteiger partial charge on any atom is 0.220 e. The van der Waals surface area contributed by atoms with Gasteiger partial charge in [-0.05, 0) is 55.5 Å². The van der Waals surface area contributed by atoms with Crippen molar-refractivity contribution in [1.82, 2.24) is 9.80 Å². The molecule has 8 nitrogen and oxygen atoms in total. The lowest BCUT2D eigenvalue weighted by molar-refractivity contribution is -0.136. The van der Waals surface area contributed by atoms with Gasteiger partial charge in [0, 0.05) is 63.8 Å². The number of hydrogen-bond acceptors (Lipinski definition) is 7. The van der Waals surface area contributed by atoms with Crippen LogP contribution >= 0.6 is 0 Å². The van der Waals surface area contributed by atoms with Gasteiger partial charge >= 0.3 is 0 Å². The number of amides is 1. The summed E-state index contributed by atoms with van der Waals surface area (Å²) in [5, 5.41) is 0. The van der Waals surface area contributed by atoms with Crippen molar-refractivity contribution in [2.24, 2.45) is 0 Å². The first-order valence-electron chi connectivity index (χ1n) is 14.8. The Labute approximate surface area is 252 Å². The summed E-state index contributed by atoms with van der Waals surface area (Å²) in [5.41, 5.74) is 4.28. The van der Waals surface area contributed by atoms with Crippen LogP contribution in [0.1, 0.15) is 63.1 Å². The fraction of sp³-hybridized carbons (Fsp3) is 0.559. The van der Waals surface area contributed by atoms with Crippen molar-refractivity contribution < 1.29 is 28.5 Å². The van der Waals surface area contributed by atoms with Crippen LogP contribution in [-0.4, -0.2) is 83.0 Å². The normalized spacial score (nSPS) is 16.1. The predicted molar refractivity (Wildman–Crippen MR) is 167 cm³/mol. The smallest absolute Gasteiger partial charge is 0.220 e. The van der Waals surface area contributed by atoms with E-state index in [1.165, 1.54) is 11.1 Å². The molecule has 1 saturated heterocycles. The summed E-state index contributed by atoms with van der Waals surface area (Å²) < 4.78 is 27.8. The van der Waals surface area contributed by atoms with Gasteiger partial charge in [-0.1, -0.05) is 25.5 Å². The zero-order valence-electron chi connectivity index (χ0n) is 27.0. The molecule has 8 heteroatoms. The van der Waals surface area contributed by atoms with Crippen molar-refractivity contribution in [3.8, 4) is 23.0 Å². The molecule has 1 amide bonds. The SMILES string of the molecule is CCc1cc(OC)cc(OC)c1C(C)/C=C(\C)C1(N(CCOC)C(C)=O)CCN(Cc2cc(OC)cc(OC)c2)CC1. The van der Waals surface area contributed by atoms with Gasteiger partial charge in [0.2, 0.25) is 5.91 Å². The highest BCUT2D eigenvalue weighted by atomic mass is 16.5. The number of rotatable bonds is 14. The summed E-state index contributed by atoms with van der Waals surface area (Å²) in [6.45, 7) is 11.7. The molecule has 0 aromatic heterocycles. The van der Waals surface area contributed by atoms with Gasteiger partial charge < -0.3 is 28.6 Å². The number of carbonyl (C=O) groups excluding carboxylic acids is 1. The molecule has 0 radical (unpaired) electrons. The molecule has 1 aliphatic heterocycles. The molecule has 2 aromatic carbocycles. The van der Waals surface area contributed by atoms with Crippen LogP contribution < -0.4 is 18.9 Å². The first-order chi connectivity index (χ1) is 20.2. The molecule has 0 bridgehead atoms. The monoisotopic (exact) mass is 582 g/mol. The van der Waals surface area contributed by atoms with Crippen LogP contribution in [0.5, 0.6) is 23.0 Å². The van der Waals surface area contributed by atoms with E-state index in [4.69, 9.17) is 23.7 Å². The van der Waals surface area contributed by atoms with Crippen LogP contribution in [0.2, 0.25) is 0 Å². The number of carbonyl (C=O) groups is 1. The highest BCUT2D eigenvalue weighted by Crippen LogP contribution is 2.41. The Balaban J connectivity index is 1.96. The molecule has 1 aliphatic rings. The molecule has 0 aliphatic carbocycles. The minimum absolute atomic E-state index is 0.0645. The van der Waals surface area contributed by atoms with Gasteiger partial charge in [0.1, 0.15) is 23.0 Å². The van der Waals surface area contributed by atoms with Crippen molar-refractivity contribution in [3.05, 3.63) is 58.7 Å². The van der Waals surface area contributed by atoms with E-state index in [0.717, 1.165) is 73.0 Å². The van der Waals surface area contributed by atoms with E-state index < -0.39 is 5.54 Å². The fourth-order valence-electron chi connectivity index (χ4n) is 6.40. The second-order valence-corrected chi connectivity index (χ2v) is 11.1. The maximum atomic E-state index is 13.2. The average molecular weight is 583 g/mol. The van der Waals surface area contributed by atoms with E-state index in [2.05, 4.69) is 49.9 Å². The first kappa shape index (κ1) is 33.3. The van der Waals surface area contributed by atoms with E-state index in [9.17, 15) is 4.79 Å². The van der Waals surface area contributed by atoms with E-state index >= 15 is 0 Å². The highest BCUT2D eigenvalue weighted by Gasteiger charge is 2.42. The molecule has 0 saturated carbocycles. The number of methoxy groups -OCH3 is 5. The Hall–Kier alpha value is -3.23. The third-order valence-electron chi connectivity index (χ3n) is 8.64. The highest BCUT2D eigenvalue weighted by molar-refractivity contribution is 5.75. The van der Waals surface area contributed by atoms with Crippen molar-refractivity contribution in [3.63, 3.8) is 0 Å². The molecule has 232 valence electrons. The molecule has 1 unspecified atom stereocenters. The molecule has 42 heavy (non-hydrogen) atoms. The summed E-state index contributed by atoms with van der Waals surface area (Å²) in [5.74, 6) is 3.33. The zero-order valence-corrected chi connectivity index (χ0v) is 27.0. The topological polar surface area (TPSA) is 69.7 Å². The van der Waals surface area contributed by atoms with Crippen LogP contribution in [0.3, 0.4) is 0 Å². The van der Waals surface area contributed by atoms with Gasteiger partial charge in [-0.25, -0.2) is 0 Å². The van der Waals surface area contributed by atoms with E-state index in [1.54, 1.807) is 42.5 Å². The summed E-state index contributed by atoms with van der Waals surface area (Å²) >= 11 is 0. The maximum absolute atomic E-state index is 13.2. The lowest BCUT2D eigenvalue weighted by Crippen LogP contribution is -2.58. The van der Waals surface area contributed by atoms with Crippen molar-refractivity contribution in [1.29, 1.82) is 0 Å². The molecule has 1 fully saturated rings. The number of ether oxygens (including phenoxy) is 5. The molecular formula is C34H50N2O6. The van der Waals surface area contributed by atoms with Gasteiger partial charge in [0.25, 0.3) is 0 Å². The van der Waals surface area contributed by atoms with Gasteiger partial charge in [0.05, 0.1) is 40.6 Å². The number of piperidine rings is 1. The second-order valence-electron chi connectivity index (χ2n) is 11.1. The average Bonchev–Trinajstić information content (AvgIpc) is 3.00. The lowest BCUT2D eigenvalue weighted by atomic mass is 9.77. The second kappa shape index (κ2) is 15.3. The summed E-state index contributed by atoms with van der Waals surface area (Å²) in [4.78, 5) is 17.6. The molecule has 3 rings (SSSR count). The van der Waals surface area contributed by atoms with Crippen molar-refractivity contribution in [2.75, 3.05) is 61.8 Å². The third kappa shape index (κ3) is 7.58. The van der Waals surface area contributed by atoms with Crippen molar-refractivity contribution in [2.45, 2.75) is 65.0 Å². The third-order valence-corrected chi connectivity index (χ3v) is 8.64. The van der Waals surface area contributed by atoms with E-state index in [0.29, 0.717) is 13.2 Å². The zero-order chi connectivity index (χ0) is 30.9. The van der Waals surface area contributed by atoms with E-state index in [1.807, 2.05) is 17.0 Å². The Morgan fingerprint density at radius 2 is 1.52 bits per heavy atom. The predicted octanol–water partition coefficient (Wildman–Crippen LogP) is 5.86. The quantitative estimate of drug-likeness (QED) is 0.258. The number of allylic oxidation sites excluding steroid dienone is 1. The number of aryl methyl sites for hydroxylation is 1. The lowest BCUT2D eigenvalue weighted by Gasteiger charge is -2.50. The Bertz CT molecular complexity index is 1170. The molecule has 1 heterocycles. The standard InChI is InChI=1S/C34H50N2O6/c1-10-28-20-31(41-8)22-32(42-9)33(28)24(2)17-25(3)34(36(26(4)37)15-16-38-5)11-13-35(14-12-34)23-27-18-29(39-6)21-30(19-27)40-7/h17-22,24H,10-16,23H2,1-9H3/b25-17+. The van der Waals surface area contributed by atoms with Gasteiger partial charge in [0.15, 0.2) is 0 Å². The molecule has 0 N–H and O–H groups in total. The van der Waals surface area contributed by atoms with E-state index in [-0.39, 0.29) is 11.8 Å². The fourth-order valence-corrected chi connectivity index (χ4v) is 6.40. The Morgan fingerprint density at radius 1 is 0.929 bits per heavy atom. The van der Waals surface area contributed by atoms with Crippen LogP contribution in [0, 0.1) is 0 Å². The molecule has 0 spiro atoms. The van der Waals surface area contributed by atoms with Crippen LogP contribution in [0.15, 0.2) is 42.0 Å². The van der Waals surface area contributed by atoms with Gasteiger partial charge in [-0.3, -0.25) is 9.69 Å². The summed E-state index contributed by atoms with van der Waals surface area (Å²) in [6.07, 6.45) is 4.84. The number of hydrogen-bond donors (Lipinski definition) is 0. The number of benzene rings is 2. The van der Waals surface area contributed by atoms with Gasteiger partial charge in [-0.15, -0.1) is 0 Å². The van der Waals surface area contributed by atoms with Crippen LogP contribution in [0.4, 0.5) is 0 Å².